The average molecular weight is 314 g/mol. The minimum atomic E-state index is -0.998. The number of ketones is 1. The highest BCUT2D eigenvalue weighted by atomic mass is 16.5. The first-order chi connectivity index (χ1) is 10.7. The van der Waals surface area contributed by atoms with Crippen molar-refractivity contribution >= 4 is 17.8 Å². The minimum absolute atomic E-state index is 0.0255. The number of aliphatic carboxylic acids is 1. The SMILES string of the molecule is CC(C)=CCc1cc(C=CC(=O)O)cc2c1OC(C)(C)C(=O)C2. The summed E-state index contributed by atoms with van der Waals surface area (Å²) in [5.74, 6) is -0.223. The summed E-state index contributed by atoms with van der Waals surface area (Å²) in [5, 5.41) is 8.79. The molecule has 23 heavy (non-hydrogen) atoms. The smallest absolute Gasteiger partial charge is 0.328 e. The van der Waals surface area contributed by atoms with Crippen LogP contribution in [0, 0.1) is 0 Å². The number of carbonyl (C=O) groups is 2. The maximum atomic E-state index is 12.2. The number of hydrogen-bond acceptors (Lipinski definition) is 3. The van der Waals surface area contributed by atoms with Gasteiger partial charge in [-0.15, -0.1) is 0 Å². The Hall–Kier alpha value is -2.36. The van der Waals surface area contributed by atoms with Gasteiger partial charge in [0.1, 0.15) is 5.75 Å². The number of hydrogen-bond donors (Lipinski definition) is 1. The topological polar surface area (TPSA) is 63.6 Å². The number of carboxylic acid groups (broad SMARTS) is 1. The van der Waals surface area contributed by atoms with Gasteiger partial charge < -0.3 is 9.84 Å². The van der Waals surface area contributed by atoms with Gasteiger partial charge in [-0.2, -0.15) is 0 Å². The zero-order chi connectivity index (χ0) is 17.2. The zero-order valence-electron chi connectivity index (χ0n) is 14.0. The van der Waals surface area contributed by atoms with Crippen LogP contribution in [0.1, 0.15) is 44.4 Å². The molecule has 4 nitrogen and oxygen atoms in total. The lowest BCUT2D eigenvalue weighted by molar-refractivity contribution is -0.133. The monoisotopic (exact) mass is 314 g/mol. The number of carboxylic acids is 1. The van der Waals surface area contributed by atoms with Gasteiger partial charge in [-0.25, -0.2) is 4.79 Å². The number of benzene rings is 1. The lowest BCUT2D eigenvalue weighted by atomic mass is 9.89. The second kappa shape index (κ2) is 6.41. The fourth-order valence-electron chi connectivity index (χ4n) is 2.47. The third kappa shape index (κ3) is 4.09. The molecule has 4 heteroatoms. The normalized spacial score (nSPS) is 15.9. The average Bonchev–Trinajstić information content (AvgIpc) is 2.44. The van der Waals surface area contributed by atoms with E-state index in [1.165, 1.54) is 5.57 Å². The van der Waals surface area contributed by atoms with Crippen molar-refractivity contribution in [1.82, 2.24) is 0 Å². The molecular formula is C19H22O4. The van der Waals surface area contributed by atoms with Crippen molar-refractivity contribution in [3.8, 4) is 5.75 Å². The van der Waals surface area contributed by atoms with Crippen molar-refractivity contribution in [3.63, 3.8) is 0 Å². The van der Waals surface area contributed by atoms with Crippen molar-refractivity contribution in [3.05, 3.63) is 46.5 Å². The van der Waals surface area contributed by atoms with Crippen LogP contribution in [-0.4, -0.2) is 22.5 Å². The summed E-state index contributed by atoms with van der Waals surface area (Å²) in [6.45, 7) is 7.60. The van der Waals surface area contributed by atoms with E-state index < -0.39 is 11.6 Å². The van der Waals surface area contributed by atoms with Crippen LogP contribution in [0.5, 0.6) is 5.75 Å². The van der Waals surface area contributed by atoms with Crippen molar-refractivity contribution in [2.45, 2.75) is 46.1 Å². The number of ether oxygens (including phenoxy) is 1. The van der Waals surface area contributed by atoms with Crippen LogP contribution < -0.4 is 4.74 Å². The standard InChI is InChI=1S/C19H22O4/c1-12(2)5-7-14-9-13(6-8-17(21)22)10-15-11-16(20)19(3,4)23-18(14)15/h5-6,8-10H,7,11H2,1-4H3,(H,21,22). The molecule has 0 spiro atoms. The molecule has 0 atom stereocenters. The van der Waals surface area contributed by atoms with Crippen molar-refractivity contribution in [1.29, 1.82) is 0 Å². The van der Waals surface area contributed by atoms with E-state index >= 15 is 0 Å². The Bertz CT molecular complexity index is 704. The first-order valence-electron chi connectivity index (χ1n) is 7.61. The summed E-state index contributed by atoms with van der Waals surface area (Å²) in [6.07, 6.45) is 5.72. The largest absolute Gasteiger partial charge is 0.479 e. The number of fused-ring (bicyclic) bond motifs is 1. The number of rotatable bonds is 4. The van der Waals surface area contributed by atoms with Crippen molar-refractivity contribution in [2.75, 3.05) is 0 Å². The molecule has 1 aliphatic heterocycles. The number of allylic oxidation sites excluding steroid dienone is 2. The maximum Gasteiger partial charge on any atom is 0.328 e. The molecule has 2 rings (SSSR count). The predicted octanol–water partition coefficient (Wildman–Crippen LogP) is 3.58. The lowest BCUT2D eigenvalue weighted by Crippen LogP contribution is -2.43. The van der Waals surface area contributed by atoms with Crippen LogP contribution in [0.3, 0.4) is 0 Å². The van der Waals surface area contributed by atoms with Crippen LogP contribution in [0.15, 0.2) is 29.9 Å². The zero-order valence-corrected chi connectivity index (χ0v) is 14.0. The molecule has 0 bridgehead atoms. The molecular weight excluding hydrogens is 292 g/mol. The van der Waals surface area contributed by atoms with Crippen molar-refractivity contribution < 1.29 is 19.4 Å². The van der Waals surface area contributed by atoms with Crippen LogP contribution in [-0.2, 0) is 22.4 Å². The summed E-state index contributed by atoms with van der Waals surface area (Å²) >= 11 is 0. The van der Waals surface area contributed by atoms with Gasteiger partial charge in [-0.05, 0) is 63.5 Å². The quantitative estimate of drug-likeness (QED) is 0.681. The summed E-state index contributed by atoms with van der Waals surface area (Å²) in [5.41, 5.74) is 2.91. The van der Waals surface area contributed by atoms with Crippen LogP contribution in [0.25, 0.3) is 6.08 Å². The van der Waals surface area contributed by atoms with Crippen LogP contribution in [0.4, 0.5) is 0 Å². The number of Topliss-reactive ketones (excluding diaryl/α,β-unsaturated/α-hetero) is 1. The molecule has 0 saturated carbocycles. The Morgan fingerprint density at radius 1 is 1.35 bits per heavy atom. The van der Waals surface area contributed by atoms with E-state index in [0.29, 0.717) is 12.8 Å². The Labute approximate surface area is 136 Å². The highest BCUT2D eigenvalue weighted by Gasteiger charge is 2.36. The third-order valence-electron chi connectivity index (χ3n) is 3.79. The summed E-state index contributed by atoms with van der Waals surface area (Å²) in [4.78, 5) is 22.9. The molecule has 0 saturated heterocycles. The highest BCUT2D eigenvalue weighted by Crippen LogP contribution is 2.36. The van der Waals surface area contributed by atoms with E-state index in [1.54, 1.807) is 19.9 Å². The molecule has 1 N–H and O–H groups in total. The molecule has 1 aromatic rings. The molecule has 1 heterocycles. The van der Waals surface area contributed by atoms with E-state index in [9.17, 15) is 9.59 Å². The Morgan fingerprint density at radius 2 is 2.04 bits per heavy atom. The molecule has 0 aromatic heterocycles. The second-order valence-electron chi connectivity index (χ2n) is 6.54. The first-order valence-corrected chi connectivity index (χ1v) is 7.61. The molecule has 0 aliphatic carbocycles. The van der Waals surface area contributed by atoms with Gasteiger partial charge in [0.2, 0.25) is 0 Å². The first kappa shape index (κ1) is 17.0. The van der Waals surface area contributed by atoms with E-state index in [0.717, 1.165) is 28.5 Å². The molecule has 0 fully saturated rings. The van der Waals surface area contributed by atoms with Gasteiger partial charge in [-0.3, -0.25) is 4.79 Å². The molecule has 1 aliphatic rings. The minimum Gasteiger partial charge on any atom is -0.479 e. The van der Waals surface area contributed by atoms with Gasteiger partial charge in [-0.1, -0.05) is 11.6 Å². The lowest BCUT2D eigenvalue weighted by Gasteiger charge is -2.32. The van der Waals surface area contributed by atoms with Crippen molar-refractivity contribution in [2.24, 2.45) is 0 Å². The van der Waals surface area contributed by atoms with Gasteiger partial charge in [0, 0.05) is 18.1 Å². The molecule has 0 radical (unpaired) electrons. The van der Waals surface area contributed by atoms with E-state index in [4.69, 9.17) is 9.84 Å². The summed E-state index contributed by atoms with van der Waals surface area (Å²) in [7, 11) is 0. The summed E-state index contributed by atoms with van der Waals surface area (Å²) < 4.78 is 5.96. The van der Waals surface area contributed by atoms with E-state index in [1.807, 2.05) is 26.0 Å². The summed E-state index contributed by atoms with van der Waals surface area (Å²) in [6, 6.07) is 3.75. The fraction of sp³-hybridized carbons (Fsp3) is 0.368. The maximum absolute atomic E-state index is 12.2. The van der Waals surface area contributed by atoms with Crippen LogP contribution >= 0.6 is 0 Å². The highest BCUT2D eigenvalue weighted by molar-refractivity contribution is 5.91. The molecule has 0 unspecified atom stereocenters. The fourth-order valence-corrected chi connectivity index (χ4v) is 2.47. The van der Waals surface area contributed by atoms with Gasteiger partial charge in [0.05, 0.1) is 0 Å². The number of carbonyl (C=O) groups excluding carboxylic acids is 1. The molecule has 0 amide bonds. The molecule has 122 valence electrons. The van der Waals surface area contributed by atoms with Gasteiger partial charge in [0.25, 0.3) is 0 Å². The Kier molecular flexibility index (Phi) is 4.73. The Morgan fingerprint density at radius 3 is 2.65 bits per heavy atom. The van der Waals surface area contributed by atoms with Crippen LogP contribution in [0.2, 0.25) is 0 Å². The van der Waals surface area contributed by atoms with Gasteiger partial charge in [0.15, 0.2) is 11.4 Å². The predicted molar refractivity (Wildman–Crippen MR) is 89.7 cm³/mol. The third-order valence-corrected chi connectivity index (χ3v) is 3.79. The second-order valence-corrected chi connectivity index (χ2v) is 6.54. The van der Waals surface area contributed by atoms with E-state index in [-0.39, 0.29) is 5.78 Å². The van der Waals surface area contributed by atoms with E-state index in [2.05, 4.69) is 6.08 Å². The Balaban J connectivity index is 2.51. The molecule has 1 aromatic carbocycles. The van der Waals surface area contributed by atoms with Gasteiger partial charge >= 0.3 is 5.97 Å².